The third-order valence-corrected chi connectivity index (χ3v) is 8.73. The van der Waals surface area contributed by atoms with Gasteiger partial charge in [0, 0.05) is 52.7 Å². The molecule has 1 amide bonds. The fourth-order valence-electron chi connectivity index (χ4n) is 3.55. The normalized spacial score (nSPS) is 15.6. The average Bonchev–Trinajstić information content (AvgIpc) is 2.76. The van der Waals surface area contributed by atoms with Crippen molar-refractivity contribution in [3.05, 3.63) is 69.5 Å². The predicted molar refractivity (Wildman–Crippen MR) is 129 cm³/mol. The van der Waals surface area contributed by atoms with Gasteiger partial charge in [-0.1, -0.05) is 41.4 Å². The first kappa shape index (κ1) is 25.3. The largest absolute Gasteiger partial charge is 0.355 e. The second-order valence-corrected chi connectivity index (χ2v) is 11.5. The summed E-state index contributed by atoms with van der Waals surface area (Å²) in [6.07, 6.45) is 0.872. The molecule has 174 valence electrons. The number of carbonyl (C=O) groups excluding carboxylic acids is 1. The van der Waals surface area contributed by atoms with Crippen molar-refractivity contribution >= 4 is 50.9 Å². The summed E-state index contributed by atoms with van der Waals surface area (Å²) in [4.78, 5) is 12.4. The zero-order chi connectivity index (χ0) is 23.1. The standard InChI is InChI=1S/C22H25Cl2FN2O3S2/c23-18-4-1-3-16(13-18)14-31-12-9-26-22(28)17-7-10-27(11-8-17)32(29,30)15-19-20(24)5-2-6-21(19)25/h1-6,13,17H,7-12,14-15H2,(H,26,28). The van der Waals surface area contributed by atoms with E-state index in [0.29, 0.717) is 24.4 Å². The Bertz CT molecular complexity index is 1020. The summed E-state index contributed by atoms with van der Waals surface area (Å²) in [7, 11) is -3.72. The Balaban J connectivity index is 1.40. The molecule has 0 unspecified atom stereocenters. The molecule has 5 nitrogen and oxygen atoms in total. The molecule has 32 heavy (non-hydrogen) atoms. The van der Waals surface area contributed by atoms with Crippen molar-refractivity contribution in [2.75, 3.05) is 25.4 Å². The van der Waals surface area contributed by atoms with Crippen molar-refractivity contribution in [2.45, 2.75) is 24.3 Å². The molecule has 1 heterocycles. The third kappa shape index (κ3) is 7.09. The first-order chi connectivity index (χ1) is 15.3. The van der Waals surface area contributed by atoms with Crippen molar-refractivity contribution in [1.82, 2.24) is 9.62 Å². The van der Waals surface area contributed by atoms with Gasteiger partial charge in [-0.3, -0.25) is 4.79 Å². The van der Waals surface area contributed by atoms with E-state index >= 15 is 0 Å². The van der Waals surface area contributed by atoms with Gasteiger partial charge in [-0.25, -0.2) is 17.1 Å². The highest BCUT2D eigenvalue weighted by Crippen LogP contribution is 2.26. The fourth-order valence-corrected chi connectivity index (χ4v) is 6.48. The van der Waals surface area contributed by atoms with Gasteiger partial charge < -0.3 is 5.32 Å². The summed E-state index contributed by atoms with van der Waals surface area (Å²) in [6, 6.07) is 11.8. The van der Waals surface area contributed by atoms with Crippen molar-refractivity contribution in [2.24, 2.45) is 5.92 Å². The maximum absolute atomic E-state index is 14.0. The smallest absolute Gasteiger partial charge is 0.223 e. The number of nitrogens with one attached hydrogen (secondary N) is 1. The lowest BCUT2D eigenvalue weighted by molar-refractivity contribution is -0.125. The number of hydrogen-bond donors (Lipinski definition) is 1. The Morgan fingerprint density at radius 3 is 2.56 bits per heavy atom. The van der Waals surface area contributed by atoms with Crippen LogP contribution in [0.1, 0.15) is 24.0 Å². The Morgan fingerprint density at radius 2 is 1.88 bits per heavy atom. The molecule has 1 aliphatic rings. The van der Waals surface area contributed by atoms with Crippen LogP contribution in [0.5, 0.6) is 0 Å². The van der Waals surface area contributed by atoms with E-state index in [4.69, 9.17) is 23.2 Å². The highest BCUT2D eigenvalue weighted by molar-refractivity contribution is 7.98. The zero-order valence-electron chi connectivity index (χ0n) is 17.4. The first-order valence-electron chi connectivity index (χ1n) is 10.3. The number of thioether (sulfide) groups is 1. The molecule has 2 aromatic carbocycles. The minimum absolute atomic E-state index is 0.0238. The number of rotatable bonds is 9. The molecular weight excluding hydrogens is 494 g/mol. The maximum atomic E-state index is 14.0. The second-order valence-electron chi connectivity index (χ2n) is 7.60. The molecule has 1 saturated heterocycles. The molecule has 1 aliphatic heterocycles. The number of halogens is 3. The molecule has 0 aliphatic carbocycles. The second kappa shape index (κ2) is 11.7. The molecule has 3 rings (SSSR count). The lowest BCUT2D eigenvalue weighted by Gasteiger charge is -2.30. The number of amides is 1. The monoisotopic (exact) mass is 518 g/mol. The summed E-state index contributed by atoms with van der Waals surface area (Å²) >= 11 is 13.7. The van der Waals surface area contributed by atoms with E-state index in [0.717, 1.165) is 17.1 Å². The van der Waals surface area contributed by atoms with Crippen molar-refractivity contribution in [3.8, 4) is 0 Å². The molecule has 0 saturated carbocycles. The maximum Gasteiger partial charge on any atom is 0.223 e. The van der Waals surface area contributed by atoms with Crippen molar-refractivity contribution in [3.63, 3.8) is 0 Å². The summed E-state index contributed by atoms with van der Waals surface area (Å²) in [5, 5.41) is 3.74. The fraction of sp³-hybridized carbons (Fsp3) is 0.409. The summed E-state index contributed by atoms with van der Waals surface area (Å²) < 4.78 is 40.7. The van der Waals surface area contributed by atoms with Crippen molar-refractivity contribution in [1.29, 1.82) is 0 Å². The van der Waals surface area contributed by atoms with Crippen LogP contribution >= 0.6 is 35.0 Å². The first-order valence-corrected chi connectivity index (χ1v) is 13.8. The van der Waals surface area contributed by atoms with Crippen LogP contribution in [0.4, 0.5) is 4.39 Å². The molecule has 0 bridgehead atoms. The number of nitrogens with zero attached hydrogens (tertiary/aromatic N) is 1. The SMILES string of the molecule is O=C(NCCSCc1cccc(Cl)c1)C1CCN(S(=O)(=O)Cc2c(F)cccc2Cl)CC1. The predicted octanol–water partition coefficient (Wildman–Crippen LogP) is 4.72. The Kier molecular flexibility index (Phi) is 9.25. The molecule has 1 N–H and O–H groups in total. The number of benzene rings is 2. The van der Waals surface area contributed by atoms with Crippen molar-refractivity contribution < 1.29 is 17.6 Å². The summed E-state index contributed by atoms with van der Waals surface area (Å²) in [5.74, 6) is 0.190. The molecule has 1 fully saturated rings. The minimum atomic E-state index is -3.72. The van der Waals surface area contributed by atoms with Gasteiger partial charge in [0.2, 0.25) is 15.9 Å². The zero-order valence-corrected chi connectivity index (χ0v) is 20.5. The van der Waals surface area contributed by atoms with E-state index in [2.05, 4.69) is 5.32 Å². The minimum Gasteiger partial charge on any atom is -0.355 e. The van der Waals surface area contributed by atoms with E-state index < -0.39 is 21.6 Å². The highest BCUT2D eigenvalue weighted by Gasteiger charge is 2.32. The topological polar surface area (TPSA) is 66.5 Å². The summed E-state index contributed by atoms with van der Waals surface area (Å²) in [6.45, 7) is 1.01. The Morgan fingerprint density at radius 1 is 1.16 bits per heavy atom. The van der Waals surface area contributed by atoms with Crippen LogP contribution < -0.4 is 5.32 Å². The Labute approximate surface area is 202 Å². The van der Waals surface area contributed by atoms with Crippen LogP contribution in [0.15, 0.2) is 42.5 Å². The van der Waals surface area contributed by atoms with Crippen LogP contribution in [0.3, 0.4) is 0 Å². The van der Waals surface area contributed by atoms with Crippen LogP contribution in [0.25, 0.3) is 0 Å². The molecule has 0 aromatic heterocycles. The van der Waals surface area contributed by atoms with E-state index in [1.807, 2.05) is 24.3 Å². The van der Waals surface area contributed by atoms with Gasteiger partial charge in [0.1, 0.15) is 5.82 Å². The molecule has 0 spiro atoms. The van der Waals surface area contributed by atoms with Gasteiger partial charge in [0.05, 0.1) is 5.75 Å². The number of carbonyl (C=O) groups is 1. The van der Waals surface area contributed by atoms with Crippen LogP contribution in [0.2, 0.25) is 10.0 Å². The van der Waals surface area contributed by atoms with E-state index in [-0.39, 0.29) is 35.5 Å². The van der Waals surface area contributed by atoms with Gasteiger partial charge in [-0.15, -0.1) is 0 Å². The average molecular weight is 519 g/mol. The third-order valence-electron chi connectivity index (χ3n) is 5.31. The number of piperidine rings is 1. The van der Waals surface area contributed by atoms with Crippen LogP contribution in [0, 0.1) is 11.7 Å². The molecule has 10 heteroatoms. The molecule has 2 aromatic rings. The van der Waals surface area contributed by atoms with E-state index in [1.165, 1.54) is 22.5 Å². The lowest BCUT2D eigenvalue weighted by atomic mass is 9.97. The van der Waals surface area contributed by atoms with Gasteiger partial charge in [0.15, 0.2) is 0 Å². The number of sulfonamides is 1. The van der Waals surface area contributed by atoms with Gasteiger partial charge in [-0.2, -0.15) is 11.8 Å². The molecule has 0 radical (unpaired) electrons. The summed E-state index contributed by atoms with van der Waals surface area (Å²) in [5.41, 5.74) is 1.11. The van der Waals surface area contributed by atoms with E-state index in [1.54, 1.807) is 11.8 Å². The molecular formula is C22H25Cl2FN2O3S2. The van der Waals surface area contributed by atoms with Crippen LogP contribution in [-0.2, 0) is 26.3 Å². The van der Waals surface area contributed by atoms with Crippen LogP contribution in [-0.4, -0.2) is 44.0 Å². The van der Waals surface area contributed by atoms with E-state index in [9.17, 15) is 17.6 Å². The quantitative estimate of drug-likeness (QED) is 0.487. The molecule has 0 atom stereocenters. The Hall–Kier alpha value is -1.32. The van der Waals surface area contributed by atoms with Gasteiger partial charge in [0.25, 0.3) is 0 Å². The lowest BCUT2D eigenvalue weighted by Crippen LogP contribution is -2.43. The highest BCUT2D eigenvalue weighted by atomic mass is 35.5. The van der Waals surface area contributed by atoms with Gasteiger partial charge >= 0.3 is 0 Å². The number of hydrogen-bond acceptors (Lipinski definition) is 4. The van der Waals surface area contributed by atoms with Gasteiger partial charge in [-0.05, 0) is 42.7 Å².